The predicted octanol–water partition coefficient (Wildman–Crippen LogP) is 2.90. The number of nitrogens with zero attached hydrogens (tertiary/aromatic N) is 3. The number of nitro groups is 1. The number of rotatable bonds is 7. The van der Waals surface area contributed by atoms with Crippen molar-refractivity contribution in [2.75, 3.05) is 44.2 Å². The fourth-order valence-corrected chi connectivity index (χ4v) is 4.44. The number of hydrogen-bond acceptors (Lipinski definition) is 7. The molecule has 2 heterocycles. The summed E-state index contributed by atoms with van der Waals surface area (Å²) < 4.78 is 5.31. The Balaban J connectivity index is 1.56. The summed E-state index contributed by atoms with van der Waals surface area (Å²) in [6, 6.07) is 13.0. The first-order chi connectivity index (χ1) is 16.9. The highest BCUT2D eigenvalue weighted by molar-refractivity contribution is 5.95. The molecular weight excluding hydrogens is 450 g/mol. The van der Waals surface area contributed by atoms with E-state index in [1.54, 1.807) is 19.1 Å². The maximum Gasteiger partial charge on any atom is 0.338 e. The molecule has 1 fully saturated rings. The smallest absolute Gasteiger partial charge is 0.338 e. The fraction of sp³-hybridized carbons (Fsp3) is 0.360. The van der Waals surface area contributed by atoms with Crippen LogP contribution in [0.3, 0.4) is 0 Å². The van der Waals surface area contributed by atoms with Gasteiger partial charge < -0.3 is 20.3 Å². The normalized spacial score (nSPS) is 18.6. The molecule has 0 spiro atoms. The molecular formula is C25H29N5O5. The highest BCUT2D eigenvalue weighted by Crippen LogP contribution is 2.29. The quantitative estimate of drug-likeness (QED) is 0.356. The van der Waals surface area contributed by atoms with E-state index in [-0.39, 0.29) is 12.3 Å². The molecule has 0 aromatic heterocycles. The number of nitrogens with one attached hydrogen (secondary N) is 2. The van der Waals surface area contributed by atoms with Gasteiger partial charge in [-0.2, -0.15) is 0 Å². The van der Waals surface area contributed by atoms with Gasteiger partial charge in [0.25, 0.3) is 5.69 Å². The Kier molecular flexibility index (Phi) is 7.31. The Morgan fingerprint density at radius 3 is 2.49 bits per heavy atom. The predicted molar refractivity (Wildman–Crippen MR) is 131 cm³/mol. The van der Waals surface area contributed by atoms with Gasteiger partial charge >= 0.3 is 12.0 Å². The van der Waals surface area contributed by atoms with Crippen LogP contribution in [0.5, 0.6) is 0 Å². The number of aryl methyl sites for hydroxylation is 1. The second-order valence-electron chi connectivity index (χ2n) is 8.60. The molecule has 2 aliphatic rings. The Morgan fingerprint density at radius 2 is 1.86 bits per heavy atom. The molecule has 4 rings (SSSR count). The van der Waals surface area contributed by atoms with Gasteiger partial charge in [0, 0.05) is 56.2 Å². The molecule has 184 valence electrons. The van der Waals surface area contributed by atoms with Crippen molar-refractivity contribution in [3.63, 3.8) is 0 Å². The van der Waals surface area contributed by atoms with Crippen molar-refractivity contribution in [3.8, 4) is 0 Å². The Bertz CT molecular complexity index is 1140. The monoisotopic (exact) mass is 479 g/mol. The number of piperazine rings is 1. The maximum atomic E-state index is 13.0. The van der Waals surface area contributed by atoms with Crippen molar-refractivity contribution in [1.82, 2.24) is 15.5 Å². The molecule has 0 bridgehead atoms. The van der Waals surface area contributed by atoms with Gasteiger partial charge in [0.05, 0.1) is 23.1 Å². The molecule has 1 atom stereocenters. The van der Waals surface area contributed by atoms with Gasteiger partial charge in [-0.05, 0) is 49.2 Å². The molecule has 35 heavy (non-hydrogen) atoms. The number of carbonyl (C=O) groups excluding carboxylic acids is 2. The Hall–Kier alpha value is -3.92. The maximum absolute atomic E-state index is 13.0. The highest BCUT2D eigenvalue weighted by Gasteiger charge is 2.35. The summed E-state index contributed by atoms with van der Waals surface area (Å²) in [5.41, 5.74) is 3.69. The van der Waals surface area contributed by atoms with Crippen LogP contribution in [0.1, 0.15) is 24.1 Å². The summed E-state index contributed by atoms with van der Waals surface area (Å²) in [5.74, 6) is -0.531. The van der Waals surface area contributed by atoms with E-state index in [2.05, 4.69) is 51.6 Å². The summed E-state index contributed by atoms with van der Waals surface area (Å²) in [4.78, 5) is 40.6. The zero-order chi connectivity index (χ0) is 24.9. The molecule has 1 saturated heterocycles. The summed E-state index contributed by atoms with van der Waals surface area (Å²) >= 11 is 0. The van der Waals surface area contributed by atoms with E-state index >= 15 is 0 Å². The van der Waals surface area contributed by atoms with Gasteiger partial charge in [0.1, 0.15) is 0 Å². The summed E-state index contributed by atoms with van der Waals surface area (Å²) in [7, 11) is 0. The first kappa shape index (κ1) is 24.2. The van der Waals surface area contributed by atoms with Gasteiger partial charge in [-0.25, -0.2) is 9.59 Å². The van der Waals surface area contributed by atoms with Gasteiger partial charge in [-0.1, -0.05) is 12.1 Å². The lowest BCUT2D eigenvalue weighted by molar-refractivity contribution is -0.384. The third-order valence-corrected chi connectivity index (χ3v) is 6.21. The third kappa shape index (κ3) is 5.60. The lowest BCUT2D eigenvalue weighted by Gasteiger charge is -2.38. The number of esters is 1. The lowest BCUT2D eigenvalue weighted by atomic mass is 9.94. The van der Waals surface area contributed by atoms with Crippen LogP contribution in [0.15, 0.2) is 59.8 Å². The lowest BCUT2D eigenvalue weighted by Crippen LogP contribution is -2.51. The number of carbonyl (C=O) groups is 2. The number of benzene rings is 2. The van der Waals surface area contributed by atoms with E-state index in [1.165, 1.54) is 23.4 Å². The molecule has 0 saturated carbocycles. The second-order valence-corrected chi connectivity index (χ2v) is 8.60. The van der Waals surface area contributed by atoms with Gasteiger partial charge in [-0.15, -0.1) is 0 Å². The van der Waals surface area contributed by atoms with Crippen LogP contribution in [0, 0.1) is 17.0 Å². The molecule has 2 amide bonds. The number of hydrogen-bond donors (Lipinski definition) is 2. The van der Waals surface area contributed by atoms with Gasteiger partial charge in [-0.3, -0.25) is 15.0 Å². The zero-order valence-corrected chi connectivity index (χ0v) is 19.8. The molecule has 0 unspecified atom stereocenters. The van der Waals surface area contributed by atoms with Crippen LogP contribution in [-0.2, 0) is 9.53 Å². The number of urea groups is 1. The minimum absolute atomic E-state index is 0.0672. The highest BCUT2D eigenvalue weighted by atomic mass is 16.6. The summed E-state index contributed by atoms with van der Waals surface area (Å²) in [5, 5.41) is 16.6. The molecule has 10 heteroatoms. The fourth-order valence-electron chi connectivity index (χ4n) is 4.44. The van der Waals surface area contributed by atoms with Crippen LogP contribution in [0.2, 0.25) is 0 Å². The Morgan fingerprint density at radius 1 is 1.14 bits per heavy atom. The molecule has 0 aliphatic carbocycles. The average Bonchev–Trinajstić information content (AvgIpc) is 2.84. The summed E-state index contributed by atoms with van der Waals surface area (Å²) in [6.45, 7) is 7.53. The molecule has 2 aromatic carbocycles. The average molecular weight is 480 g/mol. The van der Waals surface area contributed by atoms with Crippen LogP contribution in [-0.4, -0.2) is 61.2 Å². The van der Waals surface area contributed by atoms with Crippen molar-refractivity contribution in [3.05, 3.63) is 81.0 Å². The van der Waals surface area contributed by atoms with Crippen molar-refractivity contribution >= 4 is 23.4 Å². The number of ether oxygens (including phenoxy) is 1. The van der Waals surface area contributed by atoms with Crippen LogP contribution in [0.4, 0.5) is 16.2 Å². The van der Waals surface area contributed by atoms with Gasteiger partial charge in [0.2, 0.25) is 0 Å². The molecule has 2 N–H and O–H groups in total. The number of nitro benzene ring substituents is 1. The van der Waals surface area contributed by atoms with Crippen molar-refractivity contribution in [2.45, 2.75) is 19.9 Å². The van der Waals surface area contributed by atoms with Crippen LogP contribution < -0.4 is 15.5 Å². The van der Waals surface area contributed by atoms with Crippen LogP contribution in [0.25, 0.3) is 0 Å². The van der Waals surface area contributed by atoms with Crippen molar-refractivity contribution in [2.24, 2.45) is 0 Å². The zero-order valence-electron chi connectivity index (χ0n) is 19.8. The van der Waals surface area contributed by atoms with E-state index in [4.69, 9.17) is 4.74 Å². The first-order valence-corrected chi connectivity index (χ1v) is 11.6. The van der Waals surface area contributed by atoms with E-state index in [1.807, 2.05) is 0 Å². The standard InChI is InChI=1S/C25H29N5O5/c1-3-35-24(31)22-21(16-28-11-13-29(14-12-28)20-6-4-5-17(2)15-20)26-25(32)27-23(22)18-7-9-19(10-8-18)30(33)34/h4-10,15,23H,3,11-14,16H2,1-2H3,(H2,26,27,32)/t23-/m1/s1. The SMILES string of the molecule is CCOC(=O)C1=C(CN2CCN(c3cccc(C)c3)CC2)NC(=O)N[C@@H]1c1ccc([N+](=O)[O-])cc1. The number of anilines is 1. The largest absolute Gasteiger partial charge is 0.463 e. The number of non-ortho nitro benzene ring substituents is 1. The minimum atomic E-state index is -0.771. The third-order valence-electron chi connectivity index (χ3n) is 6.21. The minimum Gasteiger partial charge on any atom is -0.463 e. The number of amides is 2. The second kappa shape index (κ2) is 10.6. The first-order valence-electron chi connectivity index (χ1n) is 11.6. The molecule has 2 aromatic rings. The van der Waals surface area contributed by atoms with E-state index in [0.29, 0.717) is 23.4 Å². The Labute approximate surface area is 203 Å². The van der Waals surface area contributed by atoms with Crippen LogP contribution >= 0.6 is 0 Å². The van der Waals surface area contributed by atoms with E-state index < -0.39 is 23.0 Å². The molecule has 2 aliphatic heterocycles. The van der Waals surface area contributed by atoms with Gasteiger partial charge in [0.15, 0.2) is 0 Å². The van der Waals surface area contributed by atoms with E-state index in [9.17, 15) is 19.7 Å². The topological polar surface area (TPSA) is 117 Å². The van der Waals surface area contributed by atoms with Crippen molar-refractivity contribution in [1.29, 1.82) is 0 Å². The van der Waals surface area contributed by atoms with Crippen molar-refractivity contribution < 1.29 is 19.2 Å². The molecule has 0 radical (unpaired) electrons. The molecule has 10 nitrogen and oxygen atoms in total. The summed E-state index contributed by atoms with van der Waals surface area (Å²) in [6.07, 6.45) is 0. The van der Waals surface area contributed by atoms with E-state index in [0.717, 1.165) is 26.2 Å².